The molecule has 0 aliphatic carbocycles. The number of amides is 2. The van der Waals surface area contributed by atoms with Crippen molar-refractivity contribution in [2.24, 2.45) is 0 Å². The number of urea groups is 1. The highest BCUT2D eigenvalue weighted by molar-refractivity contribution is 5.90. The smallest absolute Gasteiger partial charge is 0.319 e. The molecule has 3 nitrogen and oxygen atoms in total. The normalized spacial score (nSPS) is 11.9. The zero-order valence-electron chi connectivity index (χ0n) is 10.9. The number of carbonyl (C=O) groups is 1. The Morgan fingerprint density at radius 2 is 2.00 bits per heavy atom. The van der Waals surface area contributed by atoms with Gasteiger partial charge in [0, 0.05) is 12.2 Å². The Labute approximate surface area is 104 Å². The van der Waals surface area contributed by atoms with Gasteiger partial charge in [0.15, 0.2) is 0 Å². The number of carbonyl (C=O) groups excluding carboxylic acids is 1. The lowest BCUT2D eigenvalue weighted by Crippen LogP contribution is -2.29. The van der Waals surface area contributed by atoms with E-state index in [1.807, 2.05) is 25.1 Å². The van der Waals surface area contributed by atoms with Crippen molar-refractivity contribution in [3.05, 3.63) is 29.8 Å². The number of hydrogen-bond donors (Lipinski definition) is 2. The predicted octanol–water partition coefficient (Wildman–Crippen LogP) is 3.73. The van der Waals surface area contributed by atoms with Gasteiger partial charge in [-0.1, -0.05) is 39.0 Å². The lowest BCUT2D eigenvalue weighted by molar-refractivity contribution is 0.252. The van der Waals surface area contributed by atoms with E-state index in [-0.39, 0.29) is 6.03 Å². The number of benzene rings is 1. The molecule has 0 unspecified atom stereocenters. The summed E-state index contributed by atoms with van der Waals surface area (Å²) < 4.78 is 0. The maximum atomic E-state index is 11.6. The van der Waals surface area contributed by atoms with Gasteiger partial charge < -0.3 is 10.6 Å². The zero-order chi connectivity index (χ0) is 12.7. The molecule has 0 aromatic heterocycles. The van der Waals surface area contributed by atoms with E-state index in [2.05, 4.69) is 30.5 Å². The summed E-state index contributed by atoms with van der Waals surface area (Å²) in [4.78, 5) is 11.6. The van der Waals surface area contributed by atoms with E-state index >= 15 is 0 Å². The first-order chi connectivity index (χ1) is 8.19. The molecule has 0 spiro atoms. The van der Waals surface area contributed by atoms with Gasteiger partial charge in [0.05, 0.1) is 0 Å². The van der Waals surface area contributed by atoms with Gasteiger partial charge in [0.1, 0.15) is 0 Å². The largest absolute Gasteiger partial charge is 0.338 e. The first kappa shape index (κ1) is 13.6. The third-order valence-corrected chi connectivity index (χ3v) is 2.89. The van der Waals surface area contributed by atoms with Gasteiger partial charge in [-0.25, -0.2) is 4.79 Å². The van der Waals surface area contributed by atoms with Gasteiger partial charge in [0.25, 0.3) is 0 Å². The van der Waals surface area contributed by atoms with Crippen molar-refractivity contribution < 1.29 is 4.79 Å². The van der Waals surface area contributed by atoms with Crippen LogP contribution >= 0.6 is 0 Å². The minimum atomic E-state index is -0.123. The van der Waals surface area contributed by atoms with Gasteiger partial charge >= 0.3 is 6.03 Å². The van der Waals surface area contributed by atoms with Crippen LogP contribution in [0.5, 0.6) is 0 Å². The third kappa shape index (κ3) is 4.10. The summed E-state index contributed by atoms with van der Waals surface area (Å²) in [6.07, 6.45) is 2.01. The SMILES string of the molecule is CCCNC(=O)Nc1ccccc1[C@H](C)CC. The van der Waals surface area contributed by atoms with Crippen LogP contribution in [0.1, 0.15) is 45.1 Å². The van der Waals surface area contributed by atoms with Crippen LogP contribution in [0, 0.1) is 0 Å². The zero-order valence-corrected chi connectivity index (χ0v) is 10.9. The Morgan fingerprint density at radius 1 is 1.29 bits per heavy atom. The molecule has 1 atom stereocenters. The van der Waals surface area contributed by atoms with Gasteiger partial charge in [-0.05, 0) is 30.4 Å². The summed E-state index contributed by atoms with van der Waals surface area (Å²) in [5, 5.41) is 5.73. The molecule has 2 amide bonds. The van der Waals surface area contributed by atoms with Gasteiger partial charge in [0.2, 0.25) is 0 Å². The topological polar surface area (TPSA) is 41.1 Å². The molecule has 1 rings (SSSR count). The Kier molecular flexibility index (Phi) is 5.53. The van der Waals surface area contributed by atoms with Crippen LogP contribution in [0.15, 0.2) is 24.3 Å². The average Bonchev–Trinajstić information content (AvgIpc) is 2.36. The lowest BCUT2D eigenvalue weighted by atomic mass is 9.97. The Morgan fingerprint density at radius 3 is 2.65 bits per heavy atom. The molecule has 17 heavy (non-hydrogen) atoms. The molecule has 0 aliphatic rings. The number of hydrogen-bond acceptors (Lipinski definition) is 1. The van der Waals surface area contributed by atoms with E-state index in [4.69, 9.17) is 0 Å². The lowest BCUT2D eigenvalue weighted by Gasteiger charge is -2.15. The van der Waals surface area contributed by atoms with E-state index in [1.165, 1.54) is 5.56 Å². The molecular formula is C14H22N2O. The van der Waals surface area contributed by atoms with Crippen LogP contribution < -0.4 is 10.6 Å². The summed E-state index contributed by atoms with van der Waals surface area (Å²) in [6.45, 7) is 7.06. The number of anilines is 1. The standard InChI is InChI=1S/C14H22N2O/c1-4-10-15-14(17)16-13-9-7-6-8-12(13)11(3)5-2/h6-9,11H,4-5,10H2,1-3H3,(H2,15,16,17)/t11-/m1/s1. The highest BCUT2D eigenvalue weighted by Crippen LogP contribution is 2.26. The van der Waals surface area contributed by atoms with E-state index in [1.54, 1.807) is 0 Å². The predicted molar refractivity (Wildman–Crippen MR) is 72.5 cm³/mol. The van der Waals surface area contributed by atoms with Gasteiger partial charge in [-0.3, -0.25) is 0 Å². The van der Waals surface area contributed by atoms with Crippen LogP contribution in [0.2, 0.25) is 0 Å². The minimum Gasteiger partial charge on any atom is -0.338 e. The van der Waals surface area contributed by atoms with E-state index < -0.39 is 0 Å². The molecule has 0 radical (unpaired) electrons. The van der Waals surface area contributed by atoms with E-state index in [0.29, 0.717) is 12.5 Å². The number of para-hydroxylation sites is 1. The van der Waals surface area contributed by atoms with Crippen LogP contribution in [-0.4, -0.2) is 12.6 Å². The molecule has 0 aliphatic heterocycles. The molecule has 94 valence electrons. The number of rotatable bonds is 5. The minimum absolute atomic E-state index is 0.123. The summed E-state index contributed by atoms with van der Waals surface area (Å²) in [5.74, 6) is 0.456. The number of nitrogens with one attached hydrogen (secondary N) is 2. The third-order valence-electron chi connectivity index (χ3n) is 2.89. The molecule has 0 heterocycles. The Bertz CT molecular complexity index is 363. The highest BCUT2D eigenvalue weighted by atomic mass is 16.2. The molecule has 0 fully saturated rings. The van der Waals surface area contributed by atoms with Crippen LogP contribution in [0.4, 0.5) is 10.5 Å². The van der Waals surface area contributed by atoms with Crippen molar-refractivity contribution >= 4 is 11.7 Å². The van der Waals surface area contributed by atoms with Crippen molar-refractivity contribution in [2.45, 2.75) is 39.5 Å². The van der Waals surface area contributed by atoms with Crippen LogP contribution in [0.3, 0.4) is 0 Å². The Balaban J connectivity index is 2.73. The summed E-state index contributed by atoms with van der Waals surface area (Å²) in [6, 6.07) is 7.86. The quantitative estimate of drug-likeness (QED) is 0.800. The molecule has 1 aromatic carbocycles. The van der Waals surface area contributed by atoms with Gasteiger partial charge in [-0.15, -0.1) is 0 Å². The van der Waals surface area contributed by atoms with Gasteiger partial charge in [-0.2, -0.15) is 0 Å². The monoisotopic (exact) mass is 234 g/mol. The first-order valence-electron chi connectivity index (χ1n) is 6.32. The fourth-order valence-electron chi connectivity index (χ4n) is 1.67. The van der Waals surface area contributed by atoms with Crippen molar-refractivity contribution in [3.63, 3.8) is 0 Å². The molecule has 2 N–H and O–H groups in total. The average molecular weight is 234 g/mol. The maximum Gasteiger partial charge on any atom is 0.319 e. The molecule has 0 saturated carbocycles. The molecule has 1 aromatic rings. The van der Waals surface area contributed by atoms with Crippen LogP contribution in [-0.2, 0) is 0 Å². The fraction of sp³-hybridized carbons (Fsp3) is 0.500. The molecular weight excluding hydrogens is 212 g/mol. The molecule has 0 saturated heterocycles. The second kappa shape index (κ2) is 6.94. The van der Waals surface area contributed by atoms with E-state index in [0.717, 1.165) is 18.5 Å². The van der Waals surface area contributed by atoms with Crippen molar-refractivity contribution in [3.8, 4) is 0 Å². The highest BCUT2D eigenvalue weighted by Gasteiger charge is 2.10. The molecule has 3 heteroatoms. The summed E-state index contributed by atoms with van der Waals surface area (Å²) in [7, 11) is 0. The van der Waals surface area contributed by atoms with E-state index in [9.17, 15) is 4.79 Å². The summed E-state index contributed by atoms with van der Waals surface area (Å²) in [5.41, 5.74) is 2.11. The second-order valence-electron chi connectivity index (χ2n) is 4.28. The van der Waals surface area contributed by atoms with Crippen LogP contribution in [0.25, 0.3) is 0 Å². The Hall–Kier alpha value is -1.51. The van der Waals surface area contributed by atoms with Crippen molar-refractivity contribution in [1.82, 2.24) is 5.32 Å². The maximum absolute atomic E-state index is 11.6. The van der Waals surface area contributed by atoms with Crippen molar-refractivity contribution in [1.29, 1.82) is 0 Å². The first-order valence-corrected chi connectivity index (χ1v) is 6.32. The van der Waals surface area contributed by atoms with Crippen molar-refractivity contribution in [2.75, 3.05) is 11.9 Å². The summed E-state index contributed by atoms with van der Waals surface area (Å²) >= 11 is 0. The second-order valence-corrected chi connectivity index (χ2v) is 4.28. The molecule has 0 bridgehead atoms. The fourth-order valence-corrected chi connectivity index (χ4v) is 1.67.